The zero-order chi connectivity index (χ0) is 21.4. The van der Waals surface area contributed by atoms with E-state index in [9.17, 15) is 18.7 Å². The first-order valence-corrected chi connectivity index (χ1v) is 10.9. The van der Waals surface area contributed by atoms with Crippen LogP contribution < -0.4 is 4.72 Å². The van der Waals surface area contributed by atoms with Crippen LogP contribution in [0.25, 0.3) is 0 Å². The second kappa shape index (κ2) is 8.13. The van der Waals surface area contributed by atoms with Gasteiger partial charge in [-0.05, 0) is 57.7 Å². The molecule has 0 saturated heterocycles. The fraction of sp³-hybridized carbons (Fsp3) is 0.619. The molecular weight excluding hydrogens is 395 g/mol. The van der Waals surface area contributed by atoms with E-state index in [4.69, 9.17) is 9.47 Å². The van der Waals surface area contributed by atoms with Gasteiger partial charge in [0.2, 0.25) is 0 Å². The Morgan fingerprint density at radius 3 is 2.59 bits per heavy atom. The molecule has 1 N–H and O–H groups in total. The molecule has 1 aromatic carbocycles. The number of esters is 1. The van der Waals surface area contributed by atoms with E-state index in [1.165, 1.54) is 12.1 Å². The van der Waals surface area contributed by atoms with E-state index in [0.717, 1.165) is 5.56 Å². The Hall–Kier alpha value is -1.82. The van der Waals surface area contributed by atoms with Crippen molar-refractivity contribution in [2.24, 2.45) is 17.8 Å². The molecule has 0 aliphatic heterocycles. The molecule has 2 aliphatic rings. The number of nitrogens with one attached hydrogen (secondary N) is 1. The van der Waals surface area contributed by atoms with Gasteiger partial charge in [-0.15, -0.1) is 0 Å². The molecular formula is C21H27FN2O4S. The van der Waals surface area contributed by atoms with Crippen LogP contribution in [0.4, 0.5) is 4.39 Å². The average molecular weight is 423 g/mol. The molecule has 0 spiro atoms. The van der Waals surface area contributed by atoms with Gasteiger partial charge in [0.05, 0.1) is 47.0 Å². The minimum Gasteiger partial charge on any atom is -0.466 e. The number of carbonyl (C=O) groups is 1. The van der Waals surface area contributed by atoms with E-state index in [0.29, 0.717) is 6.42 Å². The Kier molecular flexibility index (Phi) is 6.13. The number of hydrogen-bond donors (Lipinski definition) is 1. The van der Waals surface area contributed by atoms with E-state index < -0.39 is 27.4 Å². The number of halogens is 1. The second-order valence-electron chi connectivity index (χ2n) is 8.59. The standard InChI is InChI=1S/C21H27FN2O4S/c1-5-27-19(25)17-15-10-16(28-11-13-6-8-14(22)9-7-13)21(12-23,18(15)17)24-29(26)20(2,3)4/h6-9,15-18,24H,5,10-11H2,1-4H3/t15-,16+,17-,18-,21?,29+/m0/s1. The number of benzene rings is 1. The van der Waals surface area contributed by atoms with Crippen molar-refractivity contribution >= 4 is 17.0 Å². The fourth-order valence-electron chi connectivity index (χ4n) is 4.08. The molecule has 2 fully saturated rings. The second-order valence-corrected chi connectivity index (χ2v) is 10.6. The van der Waals surface area contributed by atoms with Gasteiger partial charge in [0.15, 0.2) is 0 Å². The average Bonchev–Trinajstić information content (AvgIpc) is 3.30. The summed E-state index contributed by atoms with van der Waals surface area (Å²) < 4.78 is 39.6. The summed E-state index contributed by atoms with van der Waals surface area (Å²) >= 11 is 0. The molecule has 0 amide bonds. The van der Waals surface area contributed by atoms with Gasteiger partial charge < -0.3 is 9.47 Å². The number of hydrogen-bond acceptors (Lipinski definition) is 5. The quantitative estimate of drug-likeness (QED) is 0.683. The summed E-state index contributed by atoms with van der Waals surface area (Å²) in [5, 5.41) is 10.1. The molecule has 0 aromatic heterocycles. The van der Waals surface area contributed by atoms with E-state index >= 15 is 0 Å². The Morgan fingerprint density at radius 2 is 2.03 bits per heavy atom. The van der Waals surface area contributed by atoms with Gasteiger partial charge in [0.25, 0.3) is 0 Å². The van der Waals surface area contributed by atoms with Crippen molar-refractivity contribution in [3.05, 3.63) is 35.6 Å². The monoisotopic (exact) mass is 422 g/mol. The number of nitriles is 1. The third-order valence-corrected chi connectivity index (χ3v) is 7.25. The van der Waals surface area contributed by atoms with Gasteiger partial charge >= 0.3 is 5.97 Å². The number of fused-ring (bicyclic) bond motifs is 1. The molecule has 1 aromatic rings. The highest BCUT2D eigenvalue weighted by Gasteiger charge is 2.74. The third-order valence-electron chi connectivity index (χ3n) is 5.61. The minimum atomic E-state index is -1.52. The van der Waals surface area contributed by atoms with Gasteiger partial charge in [0.1, 0.15) is 11.4 Å². The van der Waals surface area contributed by atoms with Crippen LogP contribution in [0.5, 0.6) is 0 Å². The summed E-state index contributed by atoms with van der Waals surface area (Å²) in [5.41, 5.74) is -0.474. The van der Waals surface area contributed by atoms with Gasteiger partial charge in [-0.1, -0.05) is 12.1 Å². The van der Waals surface area contributed by atoms with Gasteiger partial charge in [-0.2, -0.15) is 5.26 Å². The molecule has 1 unspecified atom stereocenters. The molecule has 2 saturated carbocycles. The van der Waals surface area contributed by atoms with Gasteiger partial charge in [0, 0.05) is 5.92 Å². The molecule has 3 rings (SSSR count). The highest BCUT2D eigenvalue weighted by molar-refractivity contribution is 7.84. The Balaban J connectivity index is 1.82. The predicted molar refractivity (Wildman–Crippen MR) is 106 cm³/mol. The molecule has 0 radical (unpaired) electrons. The first kappa shape index (κ1) is 21.9. The van der Waals surface area contributed by atoms with Crippen LogP contribution in [0.3, 0.4) is 0 Å². The van der Waals surface area contributed by atoms with Crippen molar-refractivity contribution in [2.75, 3.05) is 6.61 Å². The normalized spacial score (nSPS) is 31.6. The van der Waals surface area contributed by atoms with Crippen LogP contribution in [-0.2, 0) is 31.9 Å². The van der Waals surface area contributed by atoms with E-state index in [-0.39, 0.29) is 42.8 Å². The lowest BCUT2D eigenvalue weighted by Gasteiger charge is -2.35. The SMILES string of the molecule is CCOC(=O)[C@H]1[C@@H]2C[C@@H](OCc3ccc(F)cc3)C(C#N)(N[S@](=O)C(C)(C)C)[C@@H]21. The third kappa shape index (κ3) is 4.23. The molecule has 0 heterocycles. The Morgan fingerprint density at radius 1 is 1.38 bits per heavy atom. The van der Waals surface area contributed by atoms with E-state index in [1.807, 2.05) is 20.8 Å². The van der Waals surface area contributed by atoms with E-state index in [1.54, 1.807) is 19.1 Å². The molecule has 158 valence electrons. The summed E-state index contributed by atoms with van der Waals surface area (Å²) in [6.07, 6.45) is -0.0402. The maximum Gasteiger partial charge on any atom is 0.309 e. The van der Waals surface area contributed by atoms with Crippen LogP contribution in [-0.4, -0.2) is 33.2 Å². The van der Waals surface area contributed by atoms with Crippen LogP contribution in [0.2, 0.25) is 0 Å². The smallest absolute Gasteiger partial charge is 0.309 e. The molecule has 29 heavy (non-hydrogen) atoms. The first-order chi connectivity index (χ1) is 13.6. The maximum absolute atomic E-state index is 13.1. The number of rotatable bonds is 7. The maximum atomic E-state index is 13.1. The number of nitrogens with zero attached hydrogens (tertiary/aromatic N) is 1. The van der Waals surface area contributed by atoms with Gasteiger partial charge in [-0.3, -0.25) is 4.79 Å². The highest BCUT2D eigenvalue weighted by Crippen LogP contribution is 2.63. The number of ether oxygens (including phenoxy) is 2. The highest BCUT2D eigenvalue weighted by atomic mass is 32.2. The molecule has 2 aliphatic carbocycles. The van der Waals surface area contributed by atoms with Crippen molar-refractivity contribution in [2.45, 2.75) is 57.1 Å². The molecule has 6 nitrogen and oxygen atoms in total. The van der Waals surface area contributed by atoms with Crippen LogP contribution in [0, 0.1) is 34.9 Å². The number of carbonyl (C=O) groups excluding carboxylic acids is 1. The minimum absolute atomic E-state index is 0.0450. The zero-order valence-corrected chi connectivity index (χ0v) is 17.9. The fourth-order valence-corrected chi connectivity index (χ4v) is 5.01. The largest absolute Gasteiger partial charge is 0.466 e. The lowest BCUT2D eigenvalue weighted by atomic mass is 9.90. The van der Waals surface area contributed by atoms with Crippen LogP contribution in [0.1, 0.15) is 39.7 Å². The van der Waals surface area contributed by atoms with Crippen molar-refractivity contribution < 1.29 is 22.9 Å². The molecule has 0 bridgehead atoms. The summed E-state index contributed by atoms with van der Waals surface area (Å²) in [5.74, 6) is -1.39. The summed E-state index contributed by atoms with van der Waals surface area (Å²) in [7, 11) is -1.52. The van der Waals surface area contributed by atoms with E-state index in [2.05, 4.69) is 10.8 Å². The lowest BCUT2D eigenvalue weighted by molar-refractivity contribution is -0.146. The van der Waals surface area contributed by atoms with Crippen molar-refractivity contribution in [1.82, 2.24) is 4.72 Å². The zero-order valence-electron chi connectivity index (χ0n) is 17.1. The van der Waals surface area contributed by atoms with Gasteiger partial charge in [-0.25, -0.2) is 13.3 Å². The summed E-state index contributed by atoms with van der Waals surface area (Å²) in [6.45, 7) is 7.67. The van der Waals surface area contributed by atoms with Crippen LogP contribution in [0.15, 0.2) is 24.3 Å². The topological polar surface area (TPSA) is 88.4 Å². The van der Waals surface area contributed by atoms with Crippen molar-refractivity contribution in [3.63, 3.8) is 0 Å². The summed E-state index contributed by atoms with van der Waals surface area (Å²) in [4.78, 5) is 12.3. The molecule has 6 atom stereocenters. The predicted octanol–water partition coefficient (Wildman–Crippen LogP) is 2.85. The first-order valence-electron chi connectivity index (χ1n) is 9.77. The Labute approximate surface area is 173 Å². The summed E-state index contributed by atoms with van der Waals surface area (Å²) in [6, 6.07) is 8.26. The molecule has 8 heteroatoms. The lowest BCUT2D eigenvalue weighted by Crippen LogP contribution is -2.57. The van der Waals surface area contributed by atoms with Crippen LogP contribution >= 0.6 is 0 Å². The van der Waals surface area contributed by atoms with Crippen molar-refractivity contribution in [1.29, 1.82) is 5.26 Å². The van der Waals surface area contributed by atoms with Crippen molar-refractivity contribution in [3.8, 4) is 6.07 Å². The Bertz CT molecular complexity index is 833.